The molecule has 0 aliphatic heterocycles. The number of ether oxygens (including phenoxy) is 2. The summed E-state index contributed by atoms with van der Waals surface area (Å²) in [5.41, 5.74) is 0.908. The second-order valence-electron chi connectivity index (χ2n) is 3.16. The summed E-state index contributed by atoms with van der Waals surface area (Å²) in [6, 6.07) is 7.20. The van der Waals surface area contributed by atoms with Crippen molar-refractivity contribution in [3.8, 4) is 5.75 Å². The highest BCUT2D eigenvalue weighted by Gasteiger charge is 2.15. The molecule has 1 rings (SSSR count). The first kappa shape index (κ1) is 11.4. The van der Waals surface area contributed by atoms with Gasteiger partial charge in [-0.3, -0.25) is 0 Å². The van der Waals surface area contributed by atoms with Crippen molar-refractivity contribution in [2.75, 3.05) is 6.61 Å². The largest absolute Gasteiger partial charge is 0.477 e. The molecule has 1 unspecified atom stereocenters. The first-order chi connectivity index (χ1) is 7.13. The van der Waals surface area contributed by atoms with Crippen LogP contribution in [-0.4, -0.2) is 18.7 Å². The molecule has 1 aromatic carbocycles. The van der Waals surface area contributed by atoms with Gasteiger partial charge in [-0.05, 0) is 13.8 Å². The number of hydrogen-bond donors (Lipinski definition) is 0. The molecule has 0 saturated carbocycles. The summed E-state index contributed by atoms with van der Waals surface area (Å²) in [4.78, 5) is 11.3. The van der Waals surface area contributed by atoms with Crippen LogP contribution in [0.25, 0.3) is 0 Å². The quantitative estimate of drug-likeness (QED) is 0.561. The van der Waals surface area contributed by atoms with E-state index in [-0.39, 0.29) is 5.97 Å². The van der Waals surface area contributed by atoms with E-state index in [1.165, 1.54) is 0 Å². The van der Waals surface area contributed by atoms with Gasteiger partial charge in [-0.1, -0.05) is 0 Å². The predicted octanol–water partition coefficient (Wildman–Crippen LogP) is 2.20. The maximum absolute atomic E-state index is 11.3. The fourth-order valence-corrected chi connectivity index (χ4v) is 1.08. The zero-order valence-corrected chi connectivity index (χ0v) is 9.03. The van der Waals surface area contributed by atoms with Crippen LogP contribution in [-0.2, 0) is 9.53 Å². The molecule has 0 spiro atoms. The first-order valence-corrected chi connectivity index (χ1v) is 4.88. The van der Waals surface area contributed by atoms with Crippen LogP contribution >= 0.6 is 0 Å². The molecule has 1 atom stereocenters. The van der Waals surface area contributed by atoms with Gasteiger partial charge >= 0.3 is 5.97 Å². The van der Waals surface area contributed by atoms with Crippen molar-refractivity contribution in [1.29, 1.82) is 0 Å². The summed E-state index contributed by atoms with van der Waals surface area (Å²) in [6.45, 7) is 7.55. The molecule has 3 nitrogen and oxygen atoms in total. The third-order valence-corrected chi connectivity index (χ3v) is 1.85. The van der Waals surface area contributed by atoms with Gasteiger partial charge in [-0.25, -0.2) is 4.79 Å². The highest BCUT2D eigenvalue weighted by atomic mass is 16.6. The molecule has 3 heteroatoms. The van der Waals surface area contributed by atoms with E-state index in [1.807, 2.05) is 12.1 Å². The lowest BCUT2D eigenvalue weighted by molar-refractivity contribution is -0.150. The van der Waals surface area contributed by atoms with Crippen LogP contribution in [0.3, 0.4) is 0 Å². The molecule has 0 radical (unpaired) electrons. The molecule has 0 aliphatic carbocycles. The molecule has 0 aromatic heterocycles. The molecule has 0 saturated heterocycles. The van der Waals surface area contributed by atoms with Crippen molar-refractivity contribution >= 4 is 5.97 Å². The molecule has 0 amide bonds. The summed E-state index contributed by atoms with van der Waals surface area (Å²) in [5, 5.41) is 0. The fourth-order valence-electron chi connectivity index (χ4n) is 1.08. The van der Waals surface area contributed by atoms with E-state index in [0.717, 1.165) is 5.56 Å². The number of esters is 1. The highest BCUT2D eigenvalue weighted by Crippen LogP contribution is 2.13. The van der Waals surface area contributed by atoms with Crippen LogP contribution in [0.15, 0.2) is 24.3 Å². The van der Waals surface area contributed by atoms with E-state index < -0.39 is 6.10 Å². The zero-order valence-electron chi connectivity index (χ0n) is 9.03. The lowest BCUT2D eigenvalue weighted by Crippen LogP contribution is -2.25. The Balaban J connectivity index is 2.54. The van der Waals surface area contributed by atoms with Crippen molar-refractivity contribution in [2.45, 2.75) is 20.0 Å². The average molecular weight is 207 g/mol. The van der Waals surface area contributed by atoms with Gasteiger partial charge in [0, 0.05) is 31.2 Å². The molecule has 15 heavy (non-hydrogen) atoms. The van der Waals surface area contributed by atoms with Crippen LogP contribution in [0.1, 0.15) is 19.4 Å². The van der Waals surface area contributed by atoms with Crippen molar-refractivity contribution in [3.63, 3.8) is 0 Å². The molecule has 0 aliphatic rings. The van der Waals surface area contributed by atoms with E-state index in [9.17, 15) is 4.79 Å². The van der Waals surface area contributed by atoms with Gasteiger partial charge in [0.15, 0.2) is 6.10 Å². The Labute approximate surface area is 90.0 Å². The van der Waals surface area contributed by atoms with Crippen molar-refractivity contribution in [3.05, 3.63) is 36.8 Å². The van der Waals surface area contributed by atoms with Crippen molar-refractivity contribution < 1.29 is 14.3 Å². The average Bonchev–Trinajstić information content (AvgIpc) is 2.22. The summed E-state index contributed by atoms with van der Waals surface area (Å²) >= 11 is 0. The molecule has 0 N–H and O–H groups in total. The monoisotopic (exact) mass is 207 g/mol. The third kappa shape index (κ3) is 3.54. The number of benzene rings is 1. The zero-order chi connectivity index (χ0) is 11.3. The van der Waals surface area contributed by atoms with Gasteiger partial charge < -0.3 is 9.47 Å². The van der Waals surface area contributed by atoms with E-state index >= 15 is 0 Å². The smallest absolute Gasteiger partial charge is 0.347 e. The lowest BCUT2D eigenvalue weighted by atomic mass is 10.2. The third-order valence-electron chi connectivity index (χ3n) is 1.85. The molecular weight excluding hydrogens is 192 g/mol. The van der Waals surface area contributed by atoms with Gasteiger partial charge in [0.1, 0.15) is 11.3 Å². The molecule has 1 aromatic rings. The Kier molecular flexibility index (Phi) is 4.03. The van der Waals surface area contributed by atoms with E-state index in [4.69, 9.17) is 9.47 Å². The normalized spacial score (nSPS) is 11.9. The minimum absolute atomic E-state index is 0.351. The van der Waals surface area contributed by atoms with Gasteiger partial charge in [0.05, 0.1) is 6.61 Å². The van der Waals surface area contributed by atoms with Crippen LogP contribution in [0.5, 0.6) is 5.75 Å². The number of rotatable bonds is 4. The predicted molar refractivity (Wildman–Crippen MR) is 57.6 cm³/mol. The Hall–Kier alpha value is -1.64. The molecule has 0 fully saturated rings. The summed E-state index contributed by atoms with van der Waals surface area (Å²) in [7, 11) is 0. The summed E-state index contributed by atoms with van der Waals surface area (Å²) in [5.74, 6) is 0.291. The topological polar surface area (TPSA) is 35.5 Å². The van der Waals surface area contributed by atoms with Gasteiger partial charge in [0.2, 0.25) is 0 Å². The maximum Gasteiger partial charge on any atom is 0.347 e. The highest BCUT2D eigenvalue weighted by molar-refractivity contribution is 5.74. The van der Waals surface area contributed by atoms with Crippen molar-refractivity contribution in [2.24, 2.45) is 0 Å². The number of carbonyl (C=O) groups is 1. The van der Waals surface area contributed by atoms with Crippen LogP contribution < -0.4 is 4.74 Å². The fraction of sp³-hybridized carbons (Fsp3) is 0.333. The second-order valence-corrected chi connectivity index (χ2v) is 3.16. The summed E-state index contributed by atoms with van der Waals surface area (Å²) in [6.07, 6.45) is -0.583. The van der Waals surface area contributed by atoms with Gasteiger partial charge in [-0.15, -0.1) is 0 Å². The minimum Gasteiger partial charge on any atom is -0.477 e. The standard InChI is InChI=1S/C12H15O3/c1-4-14-12(13)10(3)15-11-7-5-9(2)6-8-11/h5-8,10H,2,4H2,1,3H3/q+1. The SMILES string of the molecule is [CH2+]c1ccc(OC(C)C(=O)OCC)cc1. The Morgan fingerprint density at radius 3 is 2.53 bits per heavy atom. The Morgan fingerprint density at radius 2 is 2.00 bits per heavy atom. The van der Waals surface area contributed by atoms with E-state index in [1.54, 1.807) is 26.0 Å². The molecule has 80 valence electrons. The van der Waals surface area contributed by atoms with Gasteiger partial charge in [-0.2, -0.15) is 0 Å². The minimum atomic E-state index is -0.583. The van der Waals surface area contributed by atoms with Crippen LogP contribution in [0.2, 0.25) is 0 Å². The maximum atomic E-state index is 11.3. The van der Waals surface area contributed by atoms with E-state index in [2.05, 4.69) is 6.92 Å². The van der Waals surface area contributed by atoms with Crippen LogP contribution in [0.4, 0.5) is 0 Å². The lowest BCUT2D eigenvalue weighted by Gasteiger charge is -2.12. The second kappa shape index (κ2) is 5.29. The van der Waals surface area contributed by atoms with E-state index in [0.29, 0.717) is 12.4 Å². The van der Waals surface area contributed by atoms with Gasteiger partial charge in [0.25, 0.3) is 0 Å². The Bertz CT molecular complexity index is 316. The molecule has 0 heterocycles. The summed E-state index contributed by atoms with van der Waals surface area (Å²) < 4.78 is 10.2. The number of hydrogen-bond acceptors (Lipinski definition) is 3. The molecule has 0 bridgehead atoms. The van der Waals surface area contributed by atoms with Crippen LogP contribution in [0, 0.1) is 6.92 Å². The molecular formula is C12H15O3+. The number of carbonyl (C=O) groups excluding carboxylic acids is 1. The first-order valence-electron chi connectivity index (χ1n) is 4.88. The van der Waals surface area contributed by atoms with Crippen molar-refractivity contribution in [1.82, 2.24) is 0 Å². The Morgan fingerprint density at radius 1 is 1.40 bits per heavy atom.